The topological polar surface area (TPSA) is 0 Å². The van der Waals surface area contributed by atoms with Gasteiger partial charge in [-0.2, -0.15) is 0 Å². The zero-order chi connectivity index (χ0) is 20.9. The molecule has 0 spiro atoms. The van der Waals surface area contributed by atoms with Crippen molar-refractivity contribution in [3.63, 3.8) is 0 Å². The van der Waals surface area contributed by atoms with Crippen molar-refractivity contribution in [2.45, 2.75) is 78.1 Å². The van der Waals surface area contributed by atoms with Gasteiger partial charge in [0.15, 0.2) is 0 Å². The average Bonchev–Trinajstić information content (AvgIpc) is 3.41. The van der Waals surface area contributed by atoms with E-state index in [4.69, 9.17) is 17.0 Å². The van der Waals surface area contributed by atoms with Crippen molar-refractivity contribution >= 4 is 17.0 Å². The summed E-state index contributed by atoms with van der Waals surface area (Å²) in [4.78, 5) is 0. The molecule has 0 bridgehead atoms. The molecule has 2 fully saturated rings. The molecule has 2 saturated carbocycles. The molecule has 4 rings (SSSR count). The third kappa shape index (κ3) is 13.3. The van der Waals surface area contributed by atoms with Crippen molar-refractivity contribution in [1.29, 1.82) is 0 Å². The fourth-order valence-electron chi connectivity index (χ4n) is 4.54. The van der Waals surface area contributed by atoms with E-state index in [-0.39, 0.29) is 14.9 Å². The van der Waals surface area contributed by atoms with Crippen LogP contribution in [-0.2, 0) is 33.7 Å². The Morgan fingerprint density at radius 1 is 0.613 bits per heavy atom. The molecule has 2 aliphatic rings. The number of rotatable bonds is 4. The quantitative estimate of drug-likeness (QED) is 0.339. The minimum atomic E-state index is -0.826. The first-order valence-corrected chi connectivity index (χ1v) is 17.5. The van der Waals surface area contributed by atoms with Crippen LogP contribution >= 0.6 is 17.0 Å². The Kier molecular flexibility index (Phi) is 18.3. The van der Waals surface area contributed by atoms with Crippen LogP contribution in [0.25, 0.3) is 0 Å². The molecule has 0 nitrogen and oxygen atoms in total. The van der Waals surface area contributed by atoms with Gasteiger partial charge in [0.05, 0.1) is 0 Å². The van der Waals surface area contributed by atoms with Gasteiger partial charge in [-0.25, -0.2) is 0 Å². The summed E-state index contributed by atoms with van der Waals surface area (Å²) < 4.78 is 0. The summed E-state index contributed by atoms with van der Waals surface area (Å²) in [5.41, 5.74) is 5.79. The van der Waals surface area contributed by atoms with E-state index in [0.29, 0.717) is 0 Å². The van der Waals surface area contributed by atoms with E-state index in [1.54, 1.807) is 0 Å². The molecule has 172 valence electrons. The van der Waals surface area contributed by atoms with Crippen LogP contribution in [0.4, 0.5) is 0 Å². The van der Waals surface area contributed by atoms with Crippen LogP contribution in [0.3, 0.4) is 0 Å². The Hall–Kier alpha value is -0.0969. The molecule has 0 heterocycles. The van der Waals surface area contributed by atoms with Crippen molar-refractivity contribution in [3.8, 4) is 0 Å². The van der Waals surface area contributed by atoms with Gasteiger partial charge in [0.1, 0.15) is 0 Å². The summed E-state index contributed by atoms with van der Waals surface area (Å²) >= 11 is -0.826. The number of aryl methyl sites for hydroxylation is 2. The van der Waals surface area contributed by atoms with Crippen LogP contribution in [-0.4, -0.2) is 0 Å². The van der Waals surface area contributed by atoms with Crippen molar-refractivity contribution in [2.24, 2.45) is 11.8 Å². The van der Waals surface area contributed by atoms with Gasteiger partial charge in [0, 0.05) is 0 Å². The standard InChI is InChI=1S/2C13H18.2CH3.2ClH.Zr/c2*1-11-6-8-13(9-7-11)10-12-4-2-3-5-12;;;;;/h2*6-9,12H,2-5,10H2,1H3;2*1H3;2*1H;/q;;2*-1;;;+4/p-2. The summed E-state index contributed by atoms with van der Waals surface area (Å²) in [7, 11) is 9.87. The van der Waals surface area contributed by atoms with Gasteiger partial charge in [0.2, 0.25) is 0 Å². The Morgan fingerprint density at radius 3 is 1.13 bits per heavy atom. The van der Waals surface area contributed by atoms with Gasteiger partial charge in [-0.3, -0.25) is 0 Å². The molecule has 0 amide bonds. The van der Waals surface area contributed by atoms with Crippen LogP contribution < -0.4 is 0 Å². The predicted octanol–water partition coefficient (Wildman–Crippen LogP) is 9.73. The van der Waals surface area contributed by atoms with Crippen LogP contribution in [0.5, 0.6) is 0 Å². The SMILES string of the molecule is Cc1ccc(CC2CCCC2)cc1.Cc1ccc(CC2CCCC2)cc1.[CH3-].[CH3-].[Cl][Zr+2][Cl]. The van der Waals surface area contributed by atoms with Gasteiger partial charge in [-0.15, -0.1) is 0 Å². The minimum absolute atomic E-state index is 0. The molecular weight excluding hydrogens is 498 g/mol. The van der Waals surface area contributed by atoms with E-state index in [1.165, 1.54) is 86.5 Å². The fourth-order valence-corrected chi connectivity index (χ4v) is 4.54. The third-order valence-corrected chi connectivity index (χ3v) is 6.24. The molecule has 2 aliphatic carbocycles. The Morgan fingerprint density at radius 2 is 0.871 bits per heavy atom. The van der Waals surface area contributed by atoms with Gasteiger partial charge >= 0.3 is 37.9 Å². The molecule has 3 heteroatoms. The first-order valence-electron chi connectivity index (χ1n) is 11.2. The average molecular weight is 541 g/mol. The Labute approximate surface area is 212 Å². The molecular formula is C28H42Cl2Zr. The number of hydrogen-bond donors (Lipinski definition) is 0. The maximum atomic E-state index is 4.93. The van der Waals surface area contributed by atoms with Crippen LogP contribution in [0.15, 0.2) is 48.5 Å². The second-order valence-corrected chi connectivity index (χ2v) is 12.5. The maximum absolute atomic E-state index is 4.93. The van der Waals surface area contributed by atoms with Crippen molar-refractivity contribution < 1.29 is 20.8 Å². The van der Waals surface area contributed by atoms with Gasteiger partial charge in [0.25, 0.3) is 0 Å². The number of halogens is 2. The molecule has 0 aromatic heterocycles. The normalized spacial score (nSPS) is 15.4. The molecule has 31 heavy (non-hydrogen) atoms. The van der Waals surface area contributed by atoms with Gasteiger partial charge in [-0.1, -0.05) is 111 Å². The molecule has 2 aromatic rings. The van der Waals surface area contributed by atoms with E-state index < -0.39 is 20.8 Å². The zero-order valence-corrected chi connectivity index (χ0v) is 24.1. The van der Waals surface area contributed by atoms with Crippen molar-refractivity contribution in [2.75, 3.05) is 0 Å². The first-order chi connectivity index (χ1) is 14.1. The first kappa shape index (κ1) is 30.9. The molecule has 0 atom stereocenters. The molecule has 2 aromatic carbocycles. The number of benzene rings is 2. The van der Waals surface area contributed by atoms with Crippen LogP contribution in [0, 0.1) is 40.5 Å². The van der Waals surface area contributed by atoms with Crippen LogP contribution in [0.1, 0.15) is 73.6 Å². The zero-order valence-electron chi connectivity index (χ0n) is 20.1. The van der Waals surface area contributed by atoms with E-state index in [0.717, 1.165) is 11.8 Å². The third-order valence-electron chi connectivity index (χ3n) is 6.24. The summed E-state index contributed by atoms with van der Waals surface area (Å²) in [5, 5.41) is 0. The van der Waals surface area contributed by atoms with Crippen LogP contribution in [0.2, 0.25) is 0 Å². The number of hydrogen-bond acceptors (Lipinski definition) is 0. The Balaban J connectivity index is 0.000000488. The molecule has 0 saturated heterocycles. The van der Waals surface area contributed by atoms with Crippen molar-refractivity contribution in [3.05, 3.63) is 85.6 Å². The van der Waals surface area contributed by atoms with Gasteiger partial charge < -0.3 is 14.9 Å². The molecule has 0 aliphatic heterocycles. The van der Waals surface area contributed by atoms with E-state index in [9.17, 15) is 0 Å². The molecule has 0 N–H and O–H groups in total. The van der Waals surface area contributed by atoms with E-state index in [1.807, 2.05) is 0 Å². The second kappa shape index (κ2) is 18.3. The monoisotopic (exact) mass is 538 g/mol. The van der Waals surface area contributed by atoms with E-state index >= 15 is 0 Å². The summed E-state index contributed by atoms with van der Waals surface area (Å²) in [6, 6.07) is 18.0. The summed E-state index contributed by atoms with van der Waals surface area (Å²) in [6.07, 6.45) is 14.2. The second-order valence-electron chi connectivity index (χ2n) is 8.75. The summed E-state index contributed by atoms with van der Waals surface area (Å²) in [6.45, 7) is 4.30. The molecule has 0 unspecified atom stereocenters. The van der Waals surface area contributed by atoms with Crippen molar-refractivity contribution in [1.82, 2.24) is 0 Å². The predicted molar refractivity (Wildman–Crippen MR) is 138 cm³/mol. The Bertz CT molecular complexity index is 595. The van der Waals surface area contributed by atoms with E-state index in [2.05, 4.69) is 62.4 Å². The molecule has 0 radical (unpaired) electrons. The van der Waals surface area contributed by atoms with Gasteiger partial charge in [-0.05, 0) is 49.7 Å². The summed E-state index contributed by atoms with van der Waals surface area (Å²) in [5.74, 6) is 1.95. The fraction of sp³-hybridized carbons (Fsp3) is 0.500.